The van der Waals surface area contributed by atoms with Gasteiger partial charge in [0.25, 0.3) is 0 Å². The molecule has 0 aliphatic heterocycles. The molecule has 0 atom stereocenters. The molecule has 0 aliphatic carbocycles. The summed E-state index contributed by atoms with van der Waals surface area (Å²) in [6.45, 7) is 6.15. The molecule has 0 amide bonds. The van der Waals surface area contributed by atoms with Gasteiger partial charge in [0.1, 0.15) is 10.8 Å². The lowest BCUT2D eigenvalue weighted by molar-refractivity contribution is 0.570. The van der Waals surface area contributed by atoms with Crippen molar-refractivity contribution in [3.05, 3.63) is 16.1 Å². The maximum atomic E-state index is 11.8. The highest BCUT2D eigenvalue weighted by Crippen LogP contribution is 2.24. The van der Waals surface area contributed by atoms with Gasteiger partial charge in [0, 0.05) is 17.2 Å². The zero-order valence-electron chi connectivity index (χ0n) is 10.9. The molecular formula is C12H18N2O2S2. The van der Waals surface area contributed by atoms with E-state index in [1.165, 1.54) is 11.3 Å². The summed E-state index contributed by atoms with van der Waals surface area (Å²) in [5, 5.41) is 10.9. The van der Waals surface area contributed by atoms with Crippen LogP contribution in [-0.2, 0) is 21.0 Å². The third-order valence-electron chi connectivity index (χ3n) is 2.41. The Bertz CT molecular complexity index is 533. The van der Waals surface area contributed by atoms with Gasteiger partial charge in [-0.3, -0.25) is 0 Å². The molecule has 0 aromatic carbocycles. The second-order valence-electron chi connectivity index (χ2n) is 5.23. The molecule has 100 valence electrons. The van der Waals surface area contributed by atoms with E-state index in [4.69, 9.17) is 5.26 Å². The van der Waals surface area contributed by atoms with Crippen LogP contribution in [0.25, 0.3) is 0 Å². The van der Waals surface area contributed by atoms with Gasteiger partial charge in [0.15, 0.2) is 9.84 Å². The van der Waals surface area contributed by atoms with Crippen LogP contribution >= 0.6 is 11.3 Å². The SMILES string of the molecule is CC(C)(C)c1csc(CS(=O)(=O)CCCC#N)n1. The van der Waals surface area contributed by atoms with E-state index >= 15 is 0 Å². The minimum Gasteiger partial charge on any atom is -0.245 e. The number of nitriles is 1. The third-order valence-corrected chi connectivity index (χ3v) is 5.06. The highest BCUT2D eigenvalue weighted by atomic mass is 32.2. The predicted molar refractivity (Wildman–Crippen MR) is 73.2 cm³/mol. The molecule has 18 heavy (non-hydrogen) atoms. The average Bonchev–Trinajstić information content (AvgIpc) is 2.65. The molecule has 0 fully saturated rings. The van der Waals surface area contributed by atoms with Gasteiger partial charge in [0.2, 0.25) is 0 Å². The number of nitrogens with zero attached hydrogens (tertiary/aromatic N) is 2. The average molecular weight is 286 g/mol. The molecule has 1 heterocycles. The van der Waals surface area contributed by atoms with Crippen molar-refractivity contribution in [3.63, 3.8) is 0 Å². The van der Waals surface area contributed by atoms with Crippen LogP contribution in [0, 0.1) is 11.3 Å². The van der Waals surface area contributed by atoms with Gasteiger partial charge >= 0.3 is 0 Å². The lowest BCUT2D eigenvalue weighted by atomic mass is 9.93. The van der Waals surface area contributed by atoms with Crippen molar-refractivity contribution < 1.29 is 8.42 Å². The topological polar surface area (TPSA) is 70.8 Å². The third kappa shape index (κ3) is 4.75. The van der Waals surface area contributed by atoms with Gasteiger partial charge in [-0.15, -0.1) is 11.3 Å². The summed E-state index contributed by atoms with van der Waals surface area (Å²) in [6.07, 6.45) is 0.681. The molecule has 0 spiro atoms. The van der Waals surface area contributed by atoms with Crippen LogP contribution in [0.4, 0.5) is 0 Å². The molecule has 4 nitrogen and oxygen atoms in total. The number of unbranched alkanes of at least 4 members (excludes halogenated alkanes) is 1. The molecule has 1 aromatic heterocycles. The van der Waals surface area contributed by atoms with Gasteiger partial charge in [-0.05, 0) is 6.42 Å². The van der Waals surface area contributed by atoms with E-state index in [1.54, 1.807) is 0 Å². The Balaban J connectivity index is 2.68. The monoisotopic (exact) mass is 286 g/mol. The van der Waals surface area contributed by atoms with Crippen LogP contribution in [0.2, 0.25) is 0 Å². The molecule has 1 aromatic rings. The van der Waals surface area contributed by atoms with E-state index in [0.717, 1.165) is 5.69 Å². The van der Waals surface area contributed by atoms with E-state index in [0.29, 0.717) is 11.4 Å². The second-order valence-corrected chi connectivity index (χ2v) is 8.36. The van der Waals surface area contributed by atoms with Crippen molar-refractivity contribution in [2.75, 3.05) is 5.75 Å². The minimum atomic E-state index is -3.14. The first-order valence-electron chi connectivity index (χ1n) is 5.77. The van der Waals surface area contributed by atoms with Crippen LogP contribution in [-0.4, -0.2) is 19.2 Å². The number of hydrogen-bond donors (Lipinski definition) is 0. The standard InChI is InChI=1S/C12H18N2O2S2/c1-12(2,3)10-8-17-11(14-10)9-18(15,16)7-5-4-6-13/h8H,4-5,7,9H2,1-3H3. The fourth-order valence-corrected chi connectivity index (χ4v) is 4.14. The number of hydrogen-bond acceptors (Lipinski definition) is 5. The first-order valence-corrected chi connectivity index (χ1v) is 8.47. The smallest absolute Gasteiger partial charge is 0.156 e. The molecule has 1 rings (SSSR count). The number of sulfone groups is 1. The first-order chi connectivity index (χ1) is 8.24. The van der Waals surface area contributed by atoms with E-state index in [-0.39, 0.29) is 23.3 Å². The molecule has 0 saturated heterocycles. The fraction of sp³-hybridized carbons (Fsp3) is 0.667. The molecule has 0 aliphatic rings. The van der Waals surface area contributed by atoms with Crippen molar-refractivity contribution in [1.29, 1.82) is 5.26 Å². The van der Waals surface area contributed by atoms with Crippen LogP contribution in [0.5, 0.6) is 0 Å². The summed E-state index contributed by atoms with van der Waals surface area (Å²) in [5.41, 5.74) is 0.869. The maximum absolute atomic E-state index is 11.8. The van der Waals surface area contributed by atoms with Crippen LogP contribution in [0.3, 0.4) is 0 Å². The Labute approximate surface area is 113 Å². The highest BCUT2D eigenvalue weighted by molar-refractivity contribution is 7.90. The number of rotatable bonds is 5. The van der Waals surface area contributed by atoms with Gasteiger partial charge in [0.05, 0.1) is 17.5 Å². The first kappa shape index (κ1) is 15.1. The summed E-state index contributed by atoms with van der Waals surface area (Å²) in [7, 11) is -3.14. The largest absolute Gasteiger partial charge is 0.245 e. The second kappa shape index (κ2) is 5.81. The van der Waals surface area contributed by atoms with Crippen LogP contribution < -0.4 is 0 Å². The molecule has 6 heteroatoms. The fourth-order valence-electron chi connectivity index (χ4n) is 1.35. The quantitative estimate of drug-likeness (QED) is 0.780. The van der Waals surface area contributed by atoms with Crippen LogP contribution in [0.15, 0.2) is 5.38 Å². The number of thiazole rings is 1. The molecule has 0 N–H and O–H groups in total. The van der Waals surface area contributed by atoms with E-state index in [1.807, 2.05) is 32.2 Å². The summed E-state index contributed by atoms with van der Waals surface area (Å²) >= 11 is 1.39. The van der Waals surface area contributed by atoms with Gasteiger partial charge < -0.3 is 0 Å². The lowest BCUT2D eigenvalue weighted by Crippen LogP contribution is -2.13. The Morgan fingerprint density at radius 1 is 1.44 bits per heavy atom. The molecular weight excluding hydrogens is 268 g/mol. The van der Waals surface area contributed by atoms with E-state index in [9.17, 15) is 8.42 Å². The van der Waals surface area contributed by atoms with Crippen molar-refractivity contribution in [3.8, 4) is 6.07 Å². The van der Waals surface area contributed by atoms with Crippen molar-refractivity contribution >= 4 is 21.2 Å². The molecule has 0 bridgehead atoms. The number of aromatic nitrogens is 1. The zero-order valence-corrected chi connectivity index (χ0v) is 12.6. The van der Waals surface area contributed by atoms with Crippen molar-refractivity contribution in [2.45, 2.75) is 44.8 Å². The Morgan fingerprint density at radius 3 is 2.61 bits per heavy atom. The van der Waals surface area contributed by atoms with Crippen LogP contribution in [0.1, 0.15) is 44.3 Å². The Morgan fingerprint density at radius 2 is 2.11 bits per heavy atom. The maximum Gasteiger partial charge on any atom is 0.156 e. The summed E-state index contributed by atoms with van der Waals surface area (Å²) in [5.74, 6) is 0.0458. The lowest BCUT2D eigenvalue weighted by Gasteiger charge is -2.14. The summed E-state index contributed by atoms with van der Waals surface area (Å²) in [6, 6.07) is 1.95. The van der Waals surface area contributed by atoms with Crippen molar-refractivity contribution in [2.24, 2.45) is 0 Å². The summed E-state index contributed by atoms with van der Waals surface area (Å²) < 4.78 is 23.6. The molecule has 0 saturated carbocycles. The van der Waals surface area contributed by atoms with Gasteiger partial charge in [-0.1, -0.05) is 20.8 Å². The molecule has 0 radical (unpaired) electrons. The predicted octanol–water partition coefficient (Wildman–Crippen LogP) is 2.66. The van der Waals surface area contributed by atoms with E-state index in [2.05, 4.69) is 4.98 Å². The van der Waals surface area contributed by atoms with Crippen molar-refractivity contribution in [1.82, 2.24) is 4.98 Å². The van der Waals surface area contributed by atoms with Gasteiger partial charge in [-0.25, -0.2) is 13.4 Å². The Hall–Kier alpha value is -0.930. The zero-order chi connectivity index (χ0) is 13.8. The normalized spacial score (nSPS) is 12.3. The minimum absolute atomic E-state index is 0.0147. The Kier molecular flexibility index (Phi) is 4.88. The molecule has 0 unspecified atom stereocenters. The highest BCUT2D eigenvalue weighted by Gasteiger charge is 2.20. The summed E-state index contributed by atoms with van der Waals surface area (Å²) in [4.78, 5) is 4.37. The van der Waals surface area contributed by atoms with Gasteiger partial charge in [-0.2, -0.15) is 5.26 Å². The van der Waals surface area contributed by atoms with E-state index < -0.39 is 9.84 Å².